The van der Waals surface area contributed by atoms with E-state index in [0.29, 0.717) is 24.5 Å². The number of anilines is 3. The third kappa shape index (κ3) is 5.10. The van der Waals surface area contributed by atoms with Crippen molar-refractivity contribution in [3.8, 4) is 0 Å². The fraction of sp³-hybridized carbons (Fsp3) is 0.682. The minimum atomic E-state index is 0.238. The van der Waals surface area contributed by atoms with Gasteiger partial charge in [-0.25, -0.2) is 4.98 Å². The van der Waals surface area contributed by atoms with E-state index in [4.69, 9.17) is 10.7 Å². The summed E-state index contributed by atoms with van der Waals surface area (Å²) in [5, 5.41) is 11.4. The Labute approximate surface area is 179 Å². The zero-order chi connectivity index (χ0) is 21.1. The fourth-order valence-corrected chi connectivity index (χ4v) is 4.13. The van der Waals surface area contributed by atoms with Crippen LogP contribution in [0.3, 0.4) is 0 Å². The van der Waals surface area contributed by atoms with Crippen LogP contribution in [0, 0.1) is 0 Å². The summed E-state index contributed by atoms with van der Waals surface area (Å²) >= 11 is 0. The zero-order valence-electron chi connectivity index (χ0n) is 18.6. The fourth-order valence-electron chi connectivity index (χ4n) is 4.13. The van der Waals surface area contributed by atoms with Crippen LogP contribution < -0.4 is 16.4 Å². The SMILES string of the molecule is CC(C)(C)N1CCC(n2cc(Nc3ncc(C4CC4)c(NCCCN)n3)cn2)CC1. The molecule has 1 aliphatic carbocycles. The lowest BCUT2D eigenvalue weighted by molar-refractivity contribution is 0.0870. The van der Waals surface area contributed by atoms with Crippen molar-refractivity contribution in [2.75, 3.05) is 36.8 Å². The molecule has 2 aliphatic rings. The molecule has 0 amide bonds. The molecule has 0 aromatic carbocycles. The largest absolute Gasteiger partial charge is 0.370 e. The van der Waals surface area contributed by atoms with Gasteiger partial charge in [-0.1, -0.05) is 0 Å². The second-order valence-corrected chi connectivity index (χ2v) is 9.56. The number of piperidine rings is 1. The van der Waals surface area contributed by atoms with Crippen molar-refractivity contribution in [3.63, 3.8) is 0 Å². The molecule has 1 aliphatic heterocycles. The van der Waals surface area contributed by atoms with Crippen molar-refractivity contribution < 1.29 is 0 Å². The van der Waals surface area contributed by atoms with Gasteiger partial charge in [-0.05, 0) is 65.3 Å². The van der Waals surface area contributed by atoms with E-state index in [2.05, 4.69) is 57.3 Å². The molecule has 0 atom stereocenters. The van der Waals surface area contributed by atoms with Crippen molar-refractivity contribution in [1.82, 2.24) is 24.6 Å². The molecule has 30 heavy (non-hydrogen) atoms. The summed E-state index contributed by atoms with van der Waals surface area (Å²) < 4.78 is 2.10. The van der Waals surface area contributed by atoms with Crippen LogP contribution in [0.15, 0.2) is 18.6 Å². The molecule has 0 unspecified atom stereocenters. The zero-order valence-corrected chi connectivity index (χ0v) is 18.6. The molecular weight excluding hydrogens is 376 g/mol. The number of hydrogen-bond donors (Lipinski definition) is 3. The van der Waals surface area contributed by atoms with Gasteiger partial charge in [0.1, 0.15) is 5.82 Å². The summed E-state index contributed by atoms with van der Waals surface area (Å²) in [6, 6.07) is 0.450. The molecule has 4 N–H and O–H groups in total. The number of nitrogens with one attached hydrogen (secondary N) is 2. The summed E-state index contributed by atoms with van der Waals surface area (Å²) in [6.45, 7) is 10.6. The van der Waals surface area contributed by atoms with Crippen molar-refractivity contribution in [2.24, 2.45) is 5.73 Å². The van der Waals surface area contributed by atoms with Crippen LogP contribution >= 0.6 is 0 Å². The molecule has 2 fully saturated rings. The lowest BCUT2D eigenvalue weighted by Gasteiger charge is -2.40. The Morgan fingerprint density at radius 1 is 1.13 bits per heavy atom. The first-order valence-corrected chi connectivity index (χ1v) is 11.3. The van der Waals surface area contributed by atoms with Crippen LogP contribution in [0.4, 0.5) is 17.5 Å². The third-order valence-electron chi connectivity index (χ3n) is 6.15. The van der Waals surface area contributed by atoms with Crippen LogP contribution in [0.5, 0.6) is 0 Å². The summed E-state index contributed by atoms with van der Waals surface area (Å²) in [5.74, 6) is 2.14. The smallest absolute Gasteiger partial charge is 0.229 e. The Hall–Kier alpha value is -2.19. The van der Waals surface area contributed by atoms with Gasteiger partial charge in [0.15, 0.2) is 0 Å². The third-order valence-corrected chi connectivity index (χ3v) is 6.15. The quantitative estimate of drug-likeness (QED) is 0.571. The predicted octanol–water partition coefficient (Wildman–Crippen LogP) is 3.49. The Morgan fingerprint density at radius 3 is 2.57 bits per heavy atom. The van der Waals surface area contributed by atoms with Crippen molar-refractivity contribution in [2.45, 2.75) is 70.4 Å². The number of nitrogens with zero attached hydrogens (tertiary/aromatic N) is 5. The monoisotopic (exact) mass is 412 g/mol. The molecule has 164 valence electrons. The molecule has 0 spiro atoms. The van der Waals surface area contributed by atoms with Gasteiger partial charge in [-0.3, -0.25) is 9.58 Å². The van der Waals surface area contributed by atoms with Crippen LogP contribution in [-0.2, 0) is 0 Å². The van der Waals surface area contributed by atoms with Gasteiger partial charge in [-0.2, -0.15) is 10.1 Å². The highest BCUT2D eigenvalue weighted by Gasteiger charge is 2.29. The van der Waals surface area contributed by atoms with E-state index in [0.717, 1.165) is 50.4 Å². The molecule has 1 saturated heterocycles. The van der Waals surface area contributed by atoms with E-state index < -0.39 is 0 Å². The van der Waals surface area contributed by atoms with E-state index in [9.17, 15) is 0 Å². The van der Waals surface area contributed by atoms with Crippen molar-refractivity contribution in [1.29, 1.82) is 0 Å². The first-order chi connectivity index (χ1) is 14.4. The first-order valence-electron chi connectivity index (χ1n) is 11.3. The van der Waals surface area contributed by atoms with E-state index in [1.54, 1.807) is 0 Å². The Bertz CT molecular complexity index is 828. The van der Waals surface area contributed by atoms with E-state index in [-0.39, 0.29) is 5.54 Å². The molecular formula is C22H36N8. The van der Waals surface area contributed by atoms with Gasteiger partial charge < -0.3 is 16.4 Å². The lowest BCUT2D eigenvalue weighted by Crippen LogP contribution is -2.46. The summed E-state index contributed by atoms with van der Waals surface area (Å²) in [6.07, 6.45) is 11.5. The second-order valence-electron chi connectivity index (χ2n) is 9.56. The second kappa shape index (κ2) is 8.89. The number of hydrogen-bond acceptors (Lipinski definition) is 7. The number of likely N-dealkylation sites (tertiary alicyclic amines) is 1. The van der Waals surface area contributed by atoms with E-state index >= 15 is 0 Å². The predicted molar refractivity (Wildman–Crippen MR) is 121 cm³/mol. The van der Waals surface area contributed by atoms with Crippen molar-refractivity contribution in [3.05, 3.63) is 24.2 Å². The summed E-state index contributed by atoms with van der Waals surface area (Å²) in [4.78, 5) is 11.9. The van der Waals surface area contributed by atoms with Crippen LogP contribution in [-0.4, -0.2) is 56.4 Å². The van der Waals surface area contributed by atoms with E-state index in [1.807, 2.05) is 12.4 Å². The van der Waals surface area contributed by atoms with E-state index in [1.165, 1.54) is 18.4 Å². The minimum Gasteiger partial charge on any atom is -0.370 e. The highest BCUT2D eigenvalue weighted by Crippen LogP contribution is 2.42. The molecule has 3 heterocycles. The average Bonchev–Trinajstić information content (AvgIpc) is 3.46. The van der Waals surface area contributed by atoms with Crippen LogP contribution in [0.1, 0.15) is 70.4 Å². The molecule has 0 bridgehead atoms. The maximum Gasteiger partial charge on any atom is 0.229 e. The molecule has 8 nitrogen and oxygen atoms in total. The topological polar surface area (TPSA) is 96.9 Å². The molecule has 2 aromatic heterocycles. The van der Waals surface area contributed by atoms with Gasteiger partial charge in [0.2, 0.25) is 5.95 Å². The minimum absolute atomic E-state index is 0.238. The summed E-state index contributed by atoms with van der Waals surface area (Å²) in [5.41, 5.74) is 8.02. The summed E-state index contributed by atoms with van der Waals surface area (Å²) in [7, 11) is 0. The molecule has 8 heteroatoms. The highest BCUT2D eigenvalue weighted by molar-refractivity contribution is 5.56. The molecule has 2 aromatic rings. The number of aromatic nitrogens is 4. The number of rotatable bonds is 8. The maximum absolute atomic E-state index is 5.63. The standard InChI is InChI=1S/C22H36N8/c1-22(2,3)29-11-7-18(8-12-29)30-15-17(13-26-30)27-21-25-14-19(16-5-6-16)20(28-21)24-10-4-9-23/h13-16,18H,4-12,23H2,1-3H3,(H2,24,25,27,28). The van der Waals surface area contributed by atoms with Gasteiger partial charge in [0.05, 0.1) is 17.9 Å². The Kier molecular flexibility index (Phi) is 6.24. The molecule has 1 saturated carbocycles. The number of nitrogens with two attached hydrogens (primary N) is 1. The Balaban J connectivity index is 1.39. The average molecular weight is 413 g/mol. The first kappa shape index (κ1) is 21.1. The normalized spacial score (nSPS) is 18.5. The van der Waals surface area contributed by atoms with Crippen LogP contribution in [0.2, 0.25) is 0 Å². The maximum atomic E-state index is 5.63. The Morgan fingerprint density at radius 2 is 1.90 bits per heavy atom. The lowest BCUT2D eigenvalue weighted by atomic mass is 9.98. The molecule has 0 radical (unpaired) electrons. The van der Waals surface area contributed by atoms with Gasteiger partial charge in [0.25, 0.3) is 0 Å². The molecule has 4 rings (SSSR count). The van der Waals surface area contributed by atoms with Gasteiger partial charge in [-0.15, -0.1) is 0 Å². The van der Waals surface area contributed by atoms with Crippen LogP contribution in [0.25, 0.3) is 0 Å². The van der Waals surface area contributed by atoms with Gasteiger partial charge in [0, 0.05) is 43.1 Å². The van der Waals surface area contributed by atoms with Gasteiger partial charge >= 0.3 is 0 Å². The van der Waals surface area contributed by atoms with Crippen molar-refractivity contribution >= 4 is 17.5 Å². The highest BCUT2D eigenvalue weighted by atomic mass is 15.3.